The summed E-state index contributed by atoms with van der Waals surface area (Å²) in [6.07, 6.45) is 2.82. The first kappa shape index (κ1) is 26.9. The molecule has 4 aromatic rings. The Labute approximate surface area is 227 Å². The average Bonchev–Trinajstić information content (AvgIpc) is 3.63. The number of hydrogen-bond acceptors (Lipinski definition) is 5. The average molecular weight is 551 g/mol. The Hall–Kier alpha value is -4.71. The van der Waals surface area contributed by atoms with E-state index in [2.05, 4.69) is 26.0 Å². The number of hydrogen-bond donors (Lipinski definition) is 3. The minimum Gasteiger partial charge on any atom is -0.381 e. The van der Waals surface area contributed by atoms with E-state index in [-0.39, 0.29) is 17.5 Å². The molecule has 1 aliphatic rings. The molecule has 2 aromatic heterocycles. The molecule has 9 nitrogen and oxygen atoms in total. The number of carbonyl (C=O) groups excluding carboxylic acids is 2. The lowest BCUT2D eigenvalue weighted by molar-refractivity contribution is -0.137. The highest BCUT2D eigenvalue weighted by atomic mass is 19.4. The van der Waals surface area contributed by atoms with Crippen LogP contribution in [0.5, 0.6) is 0 Å². The number of urea groups is 1. The maximum Gasteiger partial charge on any atom is 0.416 e. The Morgan fingerprint density at radius 1 is 1.02 bits per heavy atom. The summed E-state index contributed by atoms with van der Waals surface area (Å²) in [6, 6.07) is 10.6. The predicted molar refractivity (Wildman–Crippen MR) is 143 cm³/mol. The Balaban J connectivity index is 1.32. The summed E-state index contributed by atoms with van der Waals surface area (Å²) in [4.78, 5) is 29.4. The van der Waals surface area contributed by atoms with E-state index in [1.54, 1.807) is 53.7 Å². The molecule has 206 valence electrons. The normalized spacial score (nSPS) is 15.1. The minimum atomic E-state index is -4.52. The predicted octanol–water partition coefficient (Wildman–Crippen LogP) is 5.88. The summed E-state index contributed by atoms with van der Waals surface area (Å²) in [5.41, 5.74) is 3.09. The van der Waals surface area contributed by atoms with Crippen molar-refractivity contribution in [2.45, 2.75) is 19.5 Å². The monoisotopic (exact) mass is 550 g/mol. The van der Waals surface area contributed by atoms with Crippen LogP contribution in [0.25, 0.3) is 16.8 Å². The number of nitrogens with zero attached hydrogens (tertiary/aromatic N) is 3. The zero-order valence-electron chi connectivity index (χ0n) is 21.3. The zero-order chi connectivity index (χ0) is 28.3. The number of aryl methyl sites for hydroxylation is 1. The van der Waals surface area contributed by atoms with Crippen LogP contribution in [0.3, 0.4) is 0 Å². The van der Waals surface area contributed by atoms with Gasteiger partial charge in [-0.3, -0.25) is 9.78 Å². The third-order valence-corrected chi connectivity index (χ3v) is 6.43. The number of halogens is 3. The summed E-state index contributed by atoms with van der Waals surface area (Å²) in [6.45, 7) is 2.84. The lowest BCUT2D eigenvalue weighted by Crippen LogP contribution is -2.23. The SMILES string of the molecule is Cc1ccc(NC(=O)Nc2cccc(C(F)(F)F)c2)cc1-n1cc(-c2cnccc2NC(=O)C2CCOC2)cn1. The van der Waals surface area contributed by atoms with Crippen LogP contribution >= 0.6 is 0 Å². The molecule has 5 rings (SSSR count). The van der Waals surface area contributed by atoms with Crippen LogP contribution in [0, 0.1) is 12.8 Å². The minimum absolute atomic E-state index is 0.0104. The lowest BCUT2D eigenvalue weighted by Gasteiger charge is -2.13. The molecule has 3 N–H and O–H groups in total. The number of alkyl halides is 3. The summed E-state index contributed by atoms with van der Waals surface area (Å²) >= 11 is 0. The first-order valence-electron chi connectivity index (χ1n) is 12.4. The van der Waals surface area contributed by atoms with Gasteiger partial charge in [0, 0.05) is 47.7 Å². The molecule has 1 aliphatic heterocycles. The van der Waals surface area contributed by atoms with Crippen LogP contribution in [-0.4, -0.2) is 39.9 Å². The van der Waals surface area contributed by atoms with Crippen molar-refractivity contribution < 1.29 is 27.5 Å². The first-order chi connectivity index (χ1) is 19.2. The summed E-state index contributed by atoms with van der Waals surface area (Å²) in [7, 11) is 0. The molecule has 0 radical (unpaired) electrons. The quantitative estimate of drug-likeness (QED) is 0.278. The van der Waals surface area contributed by atoms with Crippen molar-refractivity contribution in [1.82, 2.24) is 14.8 Å². The van der Waals surface area contributed by atoms with Crippen molar-refractivity contribution >= 4 is 29.0 Å². The van der Waals surface area contributed by atoms with E-state index < -0.39 is 17.8 Å². The highest BCUT2D eigenvalue weighted by Crippen LogP contribution is 2.31. The van der Waals surface area contributed by atoms with E-state index in [0.29, 0.717) is 47.8 Å². The standard InChI is InChI=1S/C28H25F3N6O3/c1-17-5-6-22(35-27(39)34-21-4-2-3-20(11-21)28(29,30)31)12-25(17)37-15-19(13-33-37)23-14-32-9-7-24(23)36-26(38)18-8-10-40-16-18/h2-7,9,11-15,18H,8,10,16H2,1H3,(H,32,36,38)(H2,34,35,39). The third-order valence-electron chi connectivity index (χ3n) is 6.43. The van der Waals surface area contributed by atoms with Gasteiger partial charge in [0.25, 0.3) is 0 Å². The maximum atomic E-state index is 13.0. The lowest BCUT2D eigenvalue weighted by atomic mass is 10.1. The molecule has 3 amide bonds. The van der Waals surface area contributed by atoms with E-state index in [1.165, 1.54) is 12.1 Å². The van der Waals surface area contributed by atoms with E-state index in [9.17, 15) is 22.8 Å². The Morgan fingerprint density at radius 2 is 1.82 bits per heavy atom. The molecule has 0 spiro atoms. The van der Waals surface area contributed by atoms with Crippen LogP contribution in [0.2, 0.25) is 0 Å². The molecule has 2 aromatic carbocycles. The van der Waals surface area contributed by atoms with E-state index >= 15 is 0 Å². The van der Waals surface area contributed by atoms with Crippen LogP contribution in [0.15, 0.2) is 73.3 Å². The molecular formula is C28H25F3N6O3. The smallest absolute Gasteiger partial charge is 0.381 e. The number of carbonyl (C=O) groups is 2. The summed E-state index contributed by atoms with van der Waals surface area (Å²) < 4.78 is 45.9. The van der Waals surface area contributed by atoms with Crippen LogP contribution in [0.4, 0.5) is 35.0 Å². The molecule has 1 fully saturated rings. The van der Waals surface area contributed by atoms with E-state index in [0.717, 1.165) is 17.7 Å². The Kier molecular flexibility index (Phi) is 7.52. The fourth-order valence-electron chi connectivity index (χ4n) is 4.30. The molecule has 1 saturated heterocycles. The van der Waals surface area contributed by atoms with Gasteiger partial charge in [0.05, 0.1) is 35.7 Å². The molecule has 1 unspecified atom stereocenters. The summed E-state index contributed by atoms with van der Waals surface area (Å²) in [5.74, 6) is -0.317. The maximum absolute atomic E-state index is 13.0. The van der Waals surface area contributed by atoms with Crippen molar-refractivity contribution in [3.63, 3.8) is 0 Å². The number of rotatable bonds is 6. The molecular weight excluding hydrogens is 525 g/mol. The second kappa shape index (κ2) is 11.2. The Bertz CT molecular complexity index is 1550. The van der Waals surface area contributed by atoms with Crippen molar-refractivity contribution in [3.8, 4) is 16.8 Å². The third kappa shape index (κ3) is 6.12. The van der Waals surface area contributed by atoms with Crippen molar-refractivity contribution in [2.24, 2.45) is 5.92 Å². The van der Waals surface area contributed by atoms with Gasteiger partial charge in [-0.15, -0.1) is 0 Å². The van der Waals surface area contributed by atoms with Gasteiger partial charge in [-0.25, -0.2) is 9.48 Å². The second-order valence-electron chi connectivity index (χ2n) is 9.30. The molecule has 0 bridgehead atoms. The number of amides is 3. The molecule has 1 atom stereocenters. The summed E-state index contributed by atoms with van der Waals surface area (Å²) in [5, 5.41) is 12.5. The number of aromatic nitrogens is 3. The van der Waals surface area contributed by atoms with E-state index in [1.807, 2.05) is 6.92 Å². The van der Waals surface area contributed by atoms with Gasteiger partial charge in [-0.1, -0.05) is 12.1 Å². The van der Waals surface area contributed by atoms with Gasteiger partial charge >= 0.3 is 12.2 Å². The topological polar surface area (TPSA) is 110 Å². The van der Waals surface area contributed by atoms with Gasteiger partial charge in [-0.05, 0) is 55.3 Å². The van der Waals surface area contributed by atoms with Crippen LogP contribution < -0.4 is 16.0 Å². The largest absolute Gasteiger partial charge is 0.416 e. The number of ether oxygens (including phenoxy) is 1. The highest BCUT2D eigenvalue weighted by Gasteiger charge is 2.30. The van der Waals surface area contributed by atoms with Gasteiger partial charge < -0.3 is 20.7 Å². The molecule has 12 heteroatoms. The molecule has 0 saturated carbocycles. The van der Waals surface area contributed by atoms with Gasteiger partial charge in [0.2, 0.25) is 5.91 Å². The van der Waals surface area contributed by atoms with Crippen LogP contribution in [-0.2, 0) is 15.7 Å². The number of benzene rings is 2. The highest BCUT2D eigenvalue weighted by molar-refractivity contribution is 6.00. The van der Waals surface area contributed by atoms with Crippen molar-refractivity contribution in [3.05, 3.63) is 84.4 Å². The second-order valence-corrected chi connectivity index (χ2v) is 9.30. The molecule has 3 heterocycles. The van der Waals surface area contributed by atoms with E-state index in [4.69, 9.17) is 4.74 Å². The fraction of sp³-hybridized carbons (Fsp3) is 0.214. The number of nitrogens with one attached hydrogen (secondary N) is 3. The van der Waals surface area contributed by atoms with Crippen LogP contribution in [0.1, 0.15) is 17.5 Å². The number of anilines is 3. The van der Waals surface area contributed by atoms with Gasteiger partial charge in [0.1, 0.15) is 0 Å². The molecule has 40 heavy (non-hydrogen) atoms. The van der Waals surface area contributed by atoms with Crippen molar-refractivity contribution in [1.29, 1.82) is 0 Å². The fourth-order valence-corrected chi connectivity index (χ4v) is 4.30. The zero-order valence-corrected chi connectivity index (χ0v) is 21.3. The number of pyridine rings is 1. The van der Waals surface area contributed by atoms with Gasteiger partial charge in [0.15, 0.2) is 0 Å². The molecule has 0 aliphatic carbocycles. The first-order valence-corrected chi connectivity index (χ1v) is 12.4. The Morgan fingerprint density at radius 3 is 2.58 bits per heavy atom. The van der Waals surface area contributed by atoms with Crippen molar-refractivity contribution in [2.75, 3.05) is 29.2 Å². The van der Waals surface area contributed by atoms with Gasteiger partial charge in [-0.2, -0.15) is 18.3 Å².